The third-order valence-corrected chi connectivity index (χ3v) is 4.29. The van der Waals surface area contributed by atoms with Crippen molar-refractivity contribution in [2.24, 2.45) is 0 Å². The van der Waals surface area contributed by atoms with Gasteiger partial charge in [0.25, 0.3) is 0 Å². The van der Waals surface area contributed by atoms with Gasteiger partial charge in [-0.3, -0.25) is 4.79 Å². The molecular formula is C18H22O9. The maximum absolute atomic E-state index is 11.8. The summed E-state index contributed by atoms with van der Waals surface area (Å²) in [6.07, 6.45) is -5.93. The lowest BCUT2D eigenvalue weighted by Gasteiger charge is -2.47. The van der Waals surface area contributed by atoms with Gasteiger partial charge in [0.05, 0.1) is 13.7 Å². The van der Waals surface area contributed by atoms with Gasteiger partial charge >= 0.3 is 12.1 Å². The molecular weight excluding hydrogens is 360 g/mol. The van der Waals surface area contributed by atoms with E-state index in [4.69, 9.17) is 28.4 Å². The molecule has 0 spiro atoms. The van der Waals surface area contributed by atoms with Crippen LogP contribution in [0.2, 0.25) is 0 Å². The summed E-state index contributed by atoms with van der Waals surface area (Å²) >= 11 is 0. The minimum Gasteiger partial charge on any atom is -0.453 e. The largest absolute Gasteiger partial charge is 0.508 e. The van der Waals surface area contributed by atoms with Crippen molar-refractivity contribution in [1.82, 2.24) is 0 Å². The van der Waals surface area contributed by atoms with Gasteiger partial charge in [0.1, 0.15) is 12.2 Å². The van der Waals surface area contributed by atoms with Crippen molar-refractivity contribution in [2.75, 3.05) is 20.8 Å². The Labute approximate surface area is 156 Å². The molecule has 3 rings (SSSR count). The minimum atomic E-state index is -1.03. The van der Waals surface area contributed by atoms with Crippen molar-refractivity contribution >= 4 is 12.1 Å². The summed E-state index contributed by atoms with van der Waals surface area (Å²) < 4.78 is 38.1. The highest BCUT2D eigenvalue weighted by Gasteiger charge is 2.54. The molecule has 1 unspecified atom stereocenters. The number of carbonyl (C=O) groups is 2. The Bertz CT molecular complexity index is 649. The summed E-state index contributed by atoms with van der Waals surface area (Å²) in [4.78, 5) is 23.3. The van der Waals surface area contributed by atoms with Gasteiger partial charge in [-0.2, -0.15) is 0 Å². The minimum absolute atomic E-state index is 0.178. The first kappa shape index (κ1) is 19.6. The highest BCUT2D eigenvalue weighted by molar-refractivity contribution is 5.66. The number of rotatable bonds is 4. The summed E-state index contributed by atoms with van der Waals surface area (Å²) in [5.74, 6) is -0.575. The van der Waals surface area contributed by atoms with E-state index in [9.17, 15) is 9.59 Å². The predicted molar refractivity (Wildman–Crippen MR) is 88.5 cm³/mol. The molecule has 9 nitrogen and oxygen atoms in total. The molecule has 148 valence electrons. The van der Waals surface area contributed by atoms with Crippen molar-refractivity contribution in [1.29, 1.82) is 0 Å². The lowest BCUT2D eigenvalue weighted by Crippen LogP contribution is -2.64. The molecule has 0 amide bonds. The fourth-order valence-electron chi connectivity index (χ4n) is 3.13. The Hall–Kier alpha value is -2.20. The van der Waals surface area contributed by atoms with E-state index in [1.54, 1.807) is 0 Å². The summed E-state index contributed by atoms with van der Waals surface area (Å²) in [5, 5.41) is 0. The number of hydrogen-bond donors (Lipinski definition) is 0. The highest BCUT2D eigenvalue weighted by atomic mass is 16.8. The number of benzene rings is 1. The molecule has 0 aliphatic carbocycles. The molecule has 2 heterocycles. The van der Waals surface area contributed by atoms with E-state index in [0.29, 0.717) is 0 Å². The second kappa shape index (κ2) is 8.66. The molecule has 1 aromatic rings. The van der Waals surface area contributed by atoms with E-state index in [0.717, 1.165) is 5.56 Å². The summed E-state index contributed by atoms with van der Waals surface area (Å²) in [5.41, 5.74) is 0.797. The van der Waals surface area contributed by atoms with Gasteiger partial charge in [-0.05, 0) is 0 Å². The van der Waals surface area contributed by atoms with Crippen LogP contribution in [-0.2, 0) is 38.0 Å². The highest BCUT2D eigenvalue weighted by Crippen LogP contribution is 2.36. The zero-order chi connectivity index (χ0) is 19.4. The number of fused-ring (bicyclic) bond motifs is 1. The van der Waals surface area contributed by atoms with Crippen LogP contribution in [0.4, 0.5) is 4.79 Å². The first-order valence-electron chi connectivity index (χ1n) is 8.45. The number of ether oxygens (including phenoxy) is 7. The molecule has 27 heavy (non-hydrogen) atoms. The fourth-order valence-corrected chi connectivity index (χ4v) is 3.13. The van der Waals surface area contributed by atoms with Crippen LogP contribution in [0.25, 0.3) is 0 Å². The van der Waals surface area contributed by atoms with Gasteiger partial charge in [0, 0.05) is 19.6 Å². The van der Waals surface area contributed by atoms with E-state index in [1.165, 1.54) is 21.1 Å². The van der Waals surface area contributed by atoms with Gasteiger partial charge in [-0.1, -0.05) is 30.3 Å². The molecule has 2 aliphatic rings. The average molecular weight is 382 g/mol. The van der Waals surface area contributed by atoms with Crippen molar-refractivity contribution in [3.8, 4) is 0 Å². The summed E-state index contributed by atoms with van der Waals surface area (Å²) in [6, 6.07) is 9.30. The molecule has 6 atom stereocenters. The normalized spacial score (nSPS) is 32.9. The SMILES string of the molecule is COC(=O)O[C@@H]1[C@@H](OC(C)=O)[C@@H](OC)O[C@@H]2COC(c3ccccc3)O[C@@H]12. The molecule has 0 bridgehead atoms. The molecule has 0 N–H and O–H groups in total. The zero-order valence-electron chi connectivity index (χ0n) is 15.2. The van der Waals surface area contributed by atoms with E-state index >= 15 is 0 Å². The molecule has 2 aliphatic heterocycles. The van der Waals surface area contributed by atoms with Gasteiger partial charge < -0.3 is 33.2 Å². The average Bonchev–Trinajstić information content (AvgIpc) is 2.69. The zero-order valence-corrected chi connectivity index (χ0v) is 15.2. The van der Waals surface area contributed by atoms with Crippen LogP contribution in [0.15, 0.2) is 30.3 Å². The van der Waals surface area contributed by atoms with Gasteiger partial charge in [0.2, 0.25) is 0 Å². The van der Waals surface area contributed by atoms with Gasteiger partial charge in [0.15, 0.2) is 24.8 Å². The smallest absolute Gasteiger partial charge is 0.453 e. The second-order valence-electron chi connectivity index (χ2n) is 6.07. The Kier molecular flexibility index (Phi) is 6.27. The molecule has 0 radical (unpaired) electrons. The van der Waals surface area contributed by atoms with Crippen LogP contribution in [0.1, 0.15) is 18.8 Å². The van der Waals surface area contributed by atoms with Gasteiger partial charge in [-0.25, -0.2) is 4.79 Å². The topological polar surface area (TPSA) is 98.8 Å². The first-order chi connectivity index (χ1) is 13.0. The Morgan fingerprint density at radius 3 is 2.41 bits per heavy atom. The van der Waals surface area contributed by atoms with E-state index in [1.807, 2.05) is 30.3 Å². The lowest BCUT2D eigenvalue weighted by molar-refractivity contribution is -0.358. The third kappa shape index (κ3) is 4.38. The maximum atomic E-state index is 11.8. The van der Waals surface area contributed by atoms with Crippen molar-refractivity contribution in [2.45, 2.75) is 43.9 Å². The predicted octanol–water partition coefficient (Wildman–Crippen LogP) is 1.56. The second-order valence-corrected chi connectivity index (χ2v) is 6.07. The van der Waals surface area contributed by atoms with Crippen molar-refractivity contribution < 1.29 is 42.7 Å². The van der Waals surface area contributed by atoms with Gasteiger partial charge in [-0.15, -0.1) is 0 Å². The van der Waals surface area contributed by atoms with E-state index < -0.39 is 49.1 Å². The first-order valence-corrected chi connectivity index (χ1v) is 8.45. The number of methoxy groups -OCH3 is 2. The number of esters is 1. The Morgan fingerprint density at radius 1 is 1.04 bits per heavy atom. The molecule has 9 heteroatoms. The maximum Gasteiger partial charge on any atom is 0.508 e. The molecule has 0 aromatic heterocycles. The van der Waals surface area contributed by atoms with Crippen LogP contribution in [-0.4, -0.2) is 63.7 Å². The molecule has 1 aromatic carbocycles. The van der Waals surface area contributed by atoms with Crippen LogP contribution in [0.5, 0.6) is 0 Å². The van der Waals surface area contributed by atoms with Crippen LogP contribution in [0.3, 0.4) is 0 Å². The fraction of sp³-hybridized carbons (Fsp3) is 0.556. The number of carbonyl (C=O) groups excluding carboxylic acids is 2. The number of hydrogen-bond acceptors (Lipinski definition) is 9. The molecule has 2 fully saturated rings. The Morgan fingerprint density at radius 2 is 1.78 bits per heavy atom. The van der Waals surface area contributed by atoms with Crippen molar-refractivity contribution in [3.63, 3.8) is 0 Å². The molecule has 0 saturated carbocycles. The lowest BCUT2D eigenvalue weighted by atomic mass is 9.97. The summed E-state index contributed by atoms with van der Waals surface area (Å²) in [7, 11) is 2.58. The molecule has 2 saturated heterocycles. The van der Waals surface area contributed by atoms with E-state index in [2.05, 4.69) is 4.74 Å². The monoisotopic (exact) mass is 382 g/mol. The van der Waals surface area contributed by atoms with Crippen LogP contribution >= 0.6 is 0 Å². The standard InChI is InChI=1S/C18H22O9/c1-10(19)24-15-14(27-18(20)22-3)13-12(25-17(15)21-2)9-23-16(26-13)11-7-5-4-6-8-11/h4-8,12-17H,9H2,1-3H3/t12-,13-,14+,15-,16?,17+/m1/s1. The van der Waals surface area contributed by atoms with E-state index in [-0.39, 0.29) is 6.61 Å². The van der Waals surface area contributed by atoms with Crippen LogP contribution < -0.4 is 0 Å². The Balaban J connectivity index is 1.86. The third-order valence-electron chi connectivity index (χ3n) is 4.29. The van der Waals surface area contributed by atoms with Crippen LogP contribution in [0, 0.1) is 0 Å². The summed E-state index contributed by atoms with van der Waals surface area (Å²) in [6.45, 7) is 1.42. The van der Waals surface area contributed by atoms with Crippen molar-refractivity contribution in [3.05, 3.63) is 35.9 Å². The quantitative estimate of drug-likeness (QED) is 0.718.